The molecular weight excluding hydrogens is 502 g/mol. The van der Waals surface area contributed by atoms with Gasteiger partial charge in [0, 0.05) is 13.0 Å². The average molecular weight is 544 g/mol. The summed E-state index contributed by atoms with van der Waals surface area (Å²) in [6, 6.07) is 27.2. The van der Waals surface area contributed by atoms with Crippen LogP contribution in [0.5, 0.6) is 5.75 Å². The van der Waals surface area contributed by atoms with Gasteiger partial charge in [-0.3, -0.25) is 14.4 Å². The van der Waals surface area contributed by atoms with Crippen LogP contribution in [0.3, 0.4) is 0 Å². The van der Waals surface area contributed by atoms with Crippen LogP contribution in [-0.4, -0.2) is 49.4 Å². The number of hydrogen-bond donors (Lipinski definition) is 3. The first-order valence-electron chi connectivity index (χ1n) is 13.9. The van der Waals surface area contributed by atoms with Crippen molar-refractivity contribution < 1.29 is 19.1 Å². The van der Waals surface area contributed by atoms with Crippen molar-refractivity contribution in [3.63, 3.8) is 0 Å². The van der Waals surface area contributed by atoms with Gasteiger partial charge >= 0.3 is 0 Å². The molecule has 212 valence electrons. The van der Waals surface area contributed by atoms with Crippen molar-refractivity contribution in [2.24, 2.45) is 5.92 Å². The summed E-state index contributed by atoms with van der Waals surface area (Å²) in [5.74, 6) is 0.104. The Kier molecular flexibility index (Phi) is 12.4. The Labute approximate surface area is 237 Å². The molecule has 0 aliphatic rings. The molecule has 0 bridgehead atoms. The van der Waals surface area contributed by atoms with E-state index in [9.17, 15) is 14.4 Å². The Bertz CT molecular complexity index is 1190. The Morgan fingerprint density at radius 2 is 1.35 bits per heavy atom. The van der Waals surface area contributed by atoms with Crippen molar-refractivity contribution in [1.82, 2.24) is 16.0 Å². The van der Waals surface area contributed by atoms with E-state index in [1.807, 2.05) is 80.6 Å². The molecular formula is C33H41N3O4. The summed E-state index contributed by atoms with van der Waals surface area (Å²) >= 11 is 0. The van der Waals surface area contributed by atoms with Gasteiger partial charge in [0.2, 0.25) is 11.8 Å². The molecule has 0 aliphatic heterocycles. The number of carbonyl (C=O) groups is 3. The van der Waals surface area contributed by atoms with Gasteiger partial charge < -0.3 is 20.7 Å². The molecule has 0 saturated heterocycles. The molecule has 0 spiro atoms. The summed E-state index contributed by atoms with van der Waals surface area (Å²) in [4.78, 5) is 39.4. The highest BCUT2D eigenvalue weighted by Gasteiger charge is 2.28. The van der Waals surface area contributed by atoms with Gasteiger partial charge in [0.15, 0.2) is 5.78 Å². The highest BCUT2D eigenvalue weighted by Crippen LogP contribution is 2.13. The molecule has 0 heterocycles. The molecule has 0 saturated carbocycles. The summed E-state index contributed by atoms with van der Waals surface area (Å²) < 4.78 is 5.65. The van der Waals surface area contributed by atoms with E-state index in [0.29, 0.717) is 25.1 Å². The third-order valence-corrected chi connectivity index (χ3v) is 6.58. The van der Waals surface area contributed by atoms with Crippen molar-refractivity contribution in [3.05, 3.63) is 102 Å². The van der Waals surface area contributed by atoms with Crippen LogP contribution in [0.25, 0.3) is 0 Å². The highest BCUT2D eigenvalue weighted by atomic mass is 16.5. The van der Waals surface area contributed by atoms with Crippen LogP contribution in [0.2, 0.25) is 0 Å². The molecule has 3 N–H and O–H groups in total. The van der Waals surface area contributed by atoms with Gasteiger partial charge in [0.05, 0.1) is 12.6 Å². The molecule has 7 heteroatoms. The molecule has 40 heavy (non-hydrogen) atoms. The van der Waals surface area contributed by atoms with Crippen LogP contribution >= 0.6 is 0 Å². The van der Waals surface area contributed by atoms with Crippen molar-refractivity contribution in [1.29, 1.82) is 0 Å². The molecule has 0 aromatic heterocycles. The van der Waals surface area contributed by atoms with Crippen LogP contribution in [0.4, 0.5) is 0 Å². The van der Waals surface area contributed by atoms with Gasteiger partial charge in [-0.25, -0.2) is 0 Å². The summed E-state index contributed by atoms with van der Waals surface area (Å²) in [5.41, 5.74) is 2.10. The first-order valence-corrected chi connectivity index (χ1v) is 13.9. The molecule has 0 radical (unpaired) electrons. The average Bonchev–Trinajstić information content (AvgIpc) is 2.96. The Morgan fingerprint density at radius 3 is 1.98 bits per heavy atom. The number of para-hydroxylation sites is 1. The fourth-order valence-electron chi connectivity index (χ4n) is 4.39. The topological polar surface area (TPSA) is 96.5 Å². The summed E-state index contributed by atoms with van der Waals surface area (Å²) in [5, 5.41) is 8.98. The molecule has 2 amide bonds. The normalized spacial score (nSPS) is 13.2. The number of nitrogens with one attached hydrogen (secondary N) is 3. The number of ketones is 1. The molecule has 3 rings (SSSR count). The molecule has 3 aromatic carbocycles. The van der Waals surface area contributed by atoms with Crippen LogP contribution in [-0.2, 0) is 20.8 Å². The van der Waals surface area contributed by atoms with Gasteiger partial charge in [-0.2, -0.15) is 0 Å². The molecule has 7 nitrogen and oxygen atoms in total. The predicted molar refractivity (Wildman–Crippen MR) is 158 cm³/mol. The van der Waals surface area contributed by atoms with Crippen molar-refractivity contribution in [2.45, 2.75) is 51.6 Å². The lowest BCUT2D eigenvalue weighted by Crippen LogP contribution is -2.54. The number of carbonyl (C=O) groups excluding carboxylic acids is 3. The number of rotatable bonds is 16. The monoisotopic (exact) mass is 543 g/mol. The van der Waals surface area contributed by atoms with Crippen molar-refractivity contribution in [3.8, 4) is 5.75 Å². The van der Waals surface area contributed by atoms with Crippen LogP contribution < -0.4 is 20.7 Å². The summed E-state index contributed by atoms with van der Waals surface area (Å²) in [7, 11) is 0. The van der Waals surface area contributed by atoms with Crippen molar-refractivity contribution >= 4 is 17.6 Å². The second-order valence-corrected chi connectivity index (χ2v) is 10.5. The lowest BCUT2D eigenvalue weighted by molar-refractivity contribution is -0.132. The number of amides is 2. The van der Waals surface area contributed by atoms with Crippen LogP contribution in [0.1, 0.15) is 44.2 Å². The largest absolute Gasteiger partial charge is 0.486 e. The first-order chi connectivity index (χ1) is 19.3. The van der Waals surface area contributed by atoms with Crippen molar-refractivity contribution in [2.75, 3.05) is 19.7 Å². The Hall–Kier alpha value is -3.97. The van der Waals surface area contributed by atoms with Gasteiger partial charge in [0.25, 0.3) is 0 Å². The maximum Gasteiger partial charge on any atom is 0.243 e. The molecule has 3 aromatic rings. The Balaban J connectivity index is 1.62. The van der Waals surface area contributed by atoms with E-state index in [-0.39, 0.29) is 36.7 Å². The van der Waals surface area contributed by atoms with Crippen LogP contribution in [0.15, 0.2) is 91.0 Å². The third-order valence-electron chi connectivity index (χ3n) is 6.58. The number of benzene rings is 3. The minimum absolute atomic E-state index is 0.0784. The fourth-order valence-corrected chi connectivity index (χ4v) is 4.39. The number of ether oxygens (including phenoxy) is 1. The number of Topliss-reactive ketones (excluding diaryl/α,β-unsaturated/α-hetero) is 1. The SMILES string of the molecule is CC(C)C[C@@H](NC(=O)[C@@H](Cc1ccccc1)NC(=O)CNC[C@H](C)c1ccccc1)C(=O)COc1ccccc1. The zero-order valence-electron chi connectivity index (χ0n) is 23.6. The Morgan fingerprint density at radius 1 is 0.750 bits per heavy atom. The molecule has 3 atom stereocenters. The summed E-state index contributed by atoms with van der Waals surface area (Å²) in [6.45, 7) is 6.64. The van der Waals surface area contributed by atoms with E-state index in [2.05, 4.69) is 35.0 Å². The summed E-state index contributed by atoms with van der Waals surface area (Å²) in [6.07, 6.45) is 0.773. The lowest BCUT2D eigenvalue weighted by Gasteiger charge is -2.24. The van der Waals surface area contributed by atoms with Gasteiger partial charge in [-0.05, 0) is 41.5 Å². The van der Waals surface area contributed by atoms with E-state index in [4.69, 9.17) is 4.74 Å². The zero-order chi connectivity index (χ0) is 28.7. The zero-order valence-corrected chi connectivity index (χ0v) is 23.6. The molecule has 0 unspecified atom stereocenters. The maximum absolute atomic E-state index is 13.5. The standard InChI is InChI=1S/C33H41N3O4/c1-24(2)19-29(31(37)23-40-28-17-11-6-12-18-28)36-33(39)30(20-26-13-7-4-8-14-26)35-32(38)22-34-21-25(3)27-15-9-5-10-16-27/h4-18,24-25,29-30,34H,19-23H2,1-3H3,(H,35,38)(H,36,39)/t25-,29+,30+/m0/s1. The van der Waals surface area contributed by atoms with E-state index >= 15 is 0 Å². The minimum atomic E-state index is -0.833. The maximum atomic E-state index is 13.5. The van der Waals surface area contributed by atoms with E-state index < -0.39 is 18.0 Å². The quantitative estimate of drug-likeness (QED) is 0.251. The van der Waals surface area contributed by atoms with Gasteiger partial charge in [-0.15, -0.1) is 0 Å². The van der Waals surface area contributed by atoms with Gasteiger partial charge in [0.1, 0.15) is 18.4 Å². The first kappa shape index (κ1) is 30.6. The van der Waals surface area contributed by atoms with Crippen LogP contribution in [0, 0.1) is 5.92 Å². The van der Waals surface area contributed by atoms with E-state index in [1.165, 1.54) is 5.56 Å². The second kappa shape index (κ2) is 16.2. The lowest BCUT2D eigenvalue weighted by atomic mass is 9.99. The molecule has 0 fully saturated rings. The fraction of sp³-hybridized carbons (Fsp3) is 0.364. The number of hydrogen-bond acceptors (Lipinski definition) is 5. The smallest absolute Gasteiger partial charge is 0.243 e. The molecule has 0 aliphatic carbocycles. The highest BCUT2D eigenvalue weighted by molar-refractivity contribution is 5.93. The third kappa shape index (κ3) is 10.7. The minimum Gasteiger partial charge on any atom is -0.486 e. The second-order valence-electron chi connectivity index (χ2n) is 10.5. The van der Waals surface area contributed by atoms with E-state index in [1.54, 1.807) is 12.1 Å². The van der Waals surface area contributed by atoms with Gasteiger partial charge in [-0.1, -0.05) is 99.6 Å². The van der Waals surface area contributed by atoms with E-state index in [0.717, 1.165) is 5.56 Å². The predicted octanol–water partition coefficient (Wildman–Crippen LogP) is 4.29.